The van der Waals surface area contributed by atoms with Crippen molar-refractivity contribution in [3.05, 3.63) is 47.3 Å². The van der Waals surface area contributed by atoms with Gasteiger partial charge in [0.15, 0.2) is 0 Å². The number of rotatable bonds is 4. The normalized spacial score (nSPS) is 10.5. The minimum absolute atomic E-state index is 0.373. The van der Waals surface area contributed by atoms with Gasteiger partial charge in [0.25, 0.3) is 0 Å². The predicted molar refractivity (Wildman–Crippen MR) is 75.8 cm³/mol. The molecule has 0 spiro atoms. The number of benzene rings is 1. The van der Waals surface area contributed by atoms with Crippen molar-refractivity contribution in [3.63, 3.8) is 0 Å². The Morgan fingerprint density at radius 3 is 2.79 bits per heavy atom. The Morgan fingerprint density at radius 1 is 1.37 bits per heavy atom. The van der Waals surface area contributed by atoms with E-state index in [-0.39, 0.29) is 0 Å². The highest BCUT2D eigenvalue weighted by Crippen LogP contribution is 2.17. The predicted octanol–water partition coefficient (Wildman–Crippen LogP) is 3.26. The van der Waals surface area contributed by atoms with Crippen molar-refractivity contribution >= 4 is 5.69 Å². The van der Waals surface area contributed by atoms with Gasteiger partial charge in [-0.2, -0.15) is 10.4 Å². The van der Waals surface area contributed by atoms with Crippen molar-refractivity contribution in [3.8, 4) is 6.07 Å². The van der Waals surface area contributed by atoms with Gasteiger partial charge < -0.3 is 5.32 Å². The summed E-state index contributed by atoms with van der Waals surface area (Å²) in [6.07, 6.45) is 1.99. The van der Waals surface area contributed by atoms with Gasteiger partial charge >= 0.3 is 0 Å². The largest absolute Gasteiger partial charge is 0.379 e. The van der Waals surface area contributed by atoms with Crippen molar-refractivity contribution in [1.29, 1.82) is 5.26 Å². The first-order valence-corrected chi connectivity index (χ1v) is 6.39. The average molecular weight is 254 g/mol. The zero-order chi connectivity index (χ0) is 13.8. The molecule has 0 bridgehead atoms. The minimum atomic E-state index is 0.373. The fourth-order valence-corrected chi connectivity index (χ4v) is 1.83. The monoisotopic (exact) mass is 254 g/mol. The third-order valence-corrected chi connectivity index (χ3v) is 3.02. The molecule has 4 heteroatoms. The van der Waals surface area contributed by atoms with E-state index in [1.54, 1.807) is 0 Å². The van der Waals surface area contributed by atoms with Gasteiger partial charge in [0.2, 0.25) is 0 Å². The second kappa shape index (κ2) is 5.57. The Morgan fingerprint density at radius 2 is 2.16 bits per heavy atom. The molecule has 2 rings (SSSR count). The molecule has 0 saturated carbocycles. The van der Waals surface area contributed by atoms with Gasteiger partial charge in [-0.15, -0.1) is 0 Å². The third kappa shape index (κ3) is 3.14. The molecule has 1 aromatic carbocycles. The summed E-state index contributed by atoms with van der Waals surface area (Å²) in [6, 6.07) is 10.2. The van der Waals surface area contributed by atoms with Crippen molar-refractivity contribution in [2.75, 3.05) is 5.32 Å². The maximum absolute atomic E-state index is 8.91. The molecule has 0 radical (unpaired) electrons. The van der Waals surface area contributed by atoms with Crippen molar-refractivity contribution in [1.82, 2.24) is 9.78 Å². The van der Waals surface area contributed by atoms with Crippen LogP contribution in [-0.4, -0.2) is 9.78 Å². The molecule has 0 unspecified atom stereocenters. The molecule has 0 atom stereocenters. The lowest BCUT2D eigenvalue weighted by Gasteiger charge is -2.09. The number of hydrogen-bond acceptors (Lipinski definition) is 3. The molecule has 0 amide bonds. The van der Waals surface area contributed by atoms with Crippen LogP contribution in [0.2, 0.25) is 0 Å². The first-order chi connectivity index (χ1) is 9.10. The fourth-order valence-electron chi connectivity index (χ4n) is 1.83. The van der Waals surface area contributed by atoms with Crippen LogP contribution in [0.3, 0.4) is 0 Å². The summed E-state index contributed by atoms with van der Waals surface area (Å²) in [5.74, 6) is 0. The highest BCUT2D eigenvalue weighted by molar-refractivity contribution is 5.55. The van der Waals surface area contributed by atoms with Crippen LogP contribution in [0.4, 0.5) is 5.69 Å². The Hall–Kier alpha value is -2.28. The highest BCUT2D eigenvalue weighted by atomic mass is 15.3. The van der Waals surface area contributed by atoms with E-state index in [9.17, 15) is 0 Å². The zero-order valence-corrected chi connectivity index (χ0v) is 11.5. The van der Waals surface area contributed by atoms with Gasteiger partial charge in [-0.25, -0.2) is 0 Å². The Bertz CT molecular complexity index is 605. The van der Waals surface area contributed by atoms with Crippen molar-refractivity contribution in [2.45, 2.75) is 33.4 Å². The fraction of sp³-hybridized carbons (Fsp3) is 0.333. The van der Waals surface area contributed by atoms with Crippen molar-refractivity contribution < 1.29 is 0 Å². The maximum Gasteiger partial charge on any atom is 0.0992 e. The number of nitrogens with one attached hydrogen (secondary N) is 1. The molecule has 98 valence electrons. The second-order valence-electron chi connectivity index (χ2n) is 4.88. The number of anilines is 1. The van der Waals surface area contributed by atoms with Gasteiger partial charge in [-0.05, 0) is 44.5 Å². The summed E-state index contributed by atoms with van der Waals surface area (Å²) < 4.78 is 1.94. The summed E-state index contributed by atoms with van der Waals surface area (Å²) in [7, 11) is 0. The van der Waals surface area contributed by atoms with Gasteiger partial charge in [0, 0.05) is 17.9 Å². The van der Waals surface area contributed by atoms with Gasteiger partial charge in [0.05, 0.1) is 23.9 Å². The topological polar surface area (TPSA) is 53.6 Å². The maximum atomic E-state index is 8.91. The van der Waals surface area contributed by atoms with Crippen LogP contribution in [0.1, 0.15) is 36.7 Å². The van der Waals surface area contributed by atoms with Crippen LogP contribution in [0.25, 0.3) is 0 Å². The molecule has 0 saturated heterocycles. The summed E-state index contributed by atoms with van der Waals surface area (Å²) in [5.41, 5.74) is 3.77. The number of nitrogens with zero attached hydrogens (tertiary/aromatic N) is 3. The highest BCUT2D eigenvalue weighted by Gasteiger charge is 2.04. The van der Waals surface area contributed by atoms with E-state index in [1.165, 1.54) is 0 Å². The molecular weight excluding hydrogens is 236 g/mol. The number of aryl methyl sites for hydroxylation is 1. The summed E-state index contributed by atoms with van der Waals surface area (Å²) >= 11 is 0. The van der Waals surface area contributed by atoms with Gasteiger partial charge in [-0.3, -0.25) is 4.68 Å². The lowest BCUT2D eigenvalue weighted by Crippen LogP contribution is -2.05. The molecule has 0 aliphatic heterocycles. The standard InChI is InChI=1S/C15H18N4/c1-11(2)19-7-6-14(18-19)10-17-15-8-13(9-16)5-4-12(15)3/h4-8,11,17H,10H2,1-3H3. The van der Waals surface area contributed by atoms with E-state index in [1.807, 2.05) is 42.1 Å². The first-order valence-electron chi connectivity index (χ1n) is 6.39. The smallest absolute Gasteiger partial charge is 0.0992 e. The summed E-state index contributed by atoms with van der Waals surface area (Å²) in [6.45, 7) is 6.89. The molecule has 1 heterocycles. The van der Waals surface area contributed by atoms with Gasteiger partial charge in [-0.1, -0.05) is 6.07 Å². The molecule has 1 N–H and O–H groups in total. The van der Waals surface area contributed by atoms with E-state index in [0.717, 1.165) is 16.9 Å². The number of nitriles is 1. The third-order valence-electron chi connectivity index (χ3n) is 3.02. The molecule has 0 aliphatic carbocycles. The number of hydrogen-bond donors (Lipinski definition) is 1. The van der Waals surface area contributed by atoms with Crippen LogP contribution in [-0.2, 0) is 6.54 Å². The minimum Gasteiger partial charge on any atom is -0.379 e. The van der Waals surface area contributed by atoms with E-state index < -0.39 is 0 Å². The molecule has 2 aromatic rings. The molecule has 1 aromatic heterocycles. The average Bonchev–Trinajstić information content (AvgIpc) is 2.87. The molecule has 0 aliphatic rings. The molecule has 19 heavy (non-hydrogen) atoms. The Kier molecular flexibility index (Phi) is 3.86. The van der Waals surface area contributed by atoms with Crippen LogP contribution >= 0.6 is 0 Å². The number of aromatic nitrogens is 2. The second-order valence-corrected chi connectivity index (χ2v) is 4.88. The Labute approximate surface area is 113 Å². The van der Waals surface area contributed by atoms with Crippen LogP contribution in [0.5, 0.6) is 0 Å². The lowest BCUT2D eigenvalue weighted by atomic mass is 10.1. The van der Waals surface area contributed by atoms with Gasteiger partial charge in [0.1, 0.15) is 0 Å². The lowest BCUT2D eigenvalue weighted by molar-refractivity contribution is 0.527. The van der Waals surface area contributed by atoms with Crippen LogP contribution < -0.4 is 5.32 Å². The molecule has 0 fully saturated rings. The zero-order valence-electron chi connectivity index (χ0n) is 11.5. The molecule has 4 nitrogen and oxygen atoms in total. The SMILES string of the molecule is Cc1ccc(C#N)cc1NCc1ccn(C(C)C)n1. The summed E-state index contributed by atoms with van der Waals surface area (Å²) in [4.78, 5) is 0. The Balaban J connectivity index is 2.07. The quantitative estimate of drug-likeness (QED) is 0.911. The van der Waals surface area contributed by atoms with E-state index in [2.05, 4.69) is 30.3 Å². The van der Waals surface area contributed by atoms with E-state index >= 15 is 0 Å². The van der Waals surface area contributed by atoms with Crippen LogP contribution in [0, 0.1) is 18.3 Å². The van der Waals surface area contributed by atoms with E-state index in [4.69, 9.17) is 5.26 Å². The summed E-state index contributed by atoms with van der Waals surface area (Å²) in [5, 5.41) is 16.7. The molecular formula is C15H18N4. The van der Waals surface area contributed by atoms with E-state index in [0.29, 0.717) is 18.2 Å². The first kappa shape index (κ1) is 13.2. The van der Waals surface area contributed by atoms with Crippen molar-refractivity contribution in [2.24, 2.45) is 0 Å². The van der Waals surface area contributed by atoms with Crippen LogP contribution in [0.15, 0.2) is 30.5 Å².